The topological polar surface area (TPSA) is 81.7 Å². The van der Waals surface area contributed by atoms with Crippen LogP contribution < -0.4 is 10.6 Å². The van der Waals surface area contributed by atoms with E-state index in [0.717, 1.165) is 5.56 Å². The fraction of sp³-hybridized carbons (Fsp3) is 0.385. The molecule has 0 spiro atoms. The highest BCUT2D eigenvalue weighted by Crippen LogP contribution is 2.12. The molecule has 0 saturated carbocycles. The van der Waals surface area contributed by atoms with Crippen LogP contribution in [0.3, 0.4) is 0 Å². The van der Waals surface area contributed by atoms with Gasteiger partial charge in [0.1, 0.15) is 6.04 Å². The number of urea groups is 1. The molecule has 1 aromatic carbocycles. The van der Waals surface area contributed by atoms with Gasteiger partial charge in [-0.15, -0.1) is 0 Å². The molecule has 0 aliphatic carbocycles. The van der Waals surface area contributed by atoms with Crippen molar-refractivity contribution in [1.82, 2.24) is 10.2 Å². The van der Waals surface area contributed by atoms with Crippen LogP contribution in [0, 0.1) is 6.92 Å². The zero-order chi connectivity index (χ0) is 13.8. The smallest absolute Gasteiger partial charge is 0.327 e. The molecular formula is C13H17N3O3. The number of carboxylic acids is 1. The second kappa shape index (κ2) is 5.71. The lowest BCUT2D eigenvalue weighted by molar-refractivity contribution is -0.142. The molecule has 2 amide bonds. The first-order chi connectivity index (χ1) is 9.08. The lowest BCUT2D eigenvalue weighted by Crippen LogP contribution is -2.58. The minimum atomic E-state index is -0.994. The second-order valence-corrected chi connectivity index (χ2v) is 4.55. The normalized spacial score (nSPS) is 19.0. The summed E-state index contributed by atoms with van der Waals surface area (Å²) in [6.07, 6.45) is 0. The van der Waals surface area contributed by atoms with Crippen LogP contribution in [0.5, 0.6) is 0 Å². The summed E-state index contributed by atoms with van der Waals surface area (Å²) in [5.74, 6) is -0.994. The molecule has 1 saturated heterocycles. The molecule has 0 radical (unpaired) electrons. The summed E-state index contributed by atoms with van der Waals surface area (Å²) in [6.45, 7) is 3.22. The zero-order valence-electron chi connectivity index (χ0n) is 10.7. The number of rotatable bonds is 2. The van der Waals surface area contributed by atoms with E-state index in [4.69, 9.17) is 5.11 Å². The van der Waals surface area contributed by atoms with E-state index in [0.29, 0.717) is 18.8 Å². The van der Waals surface area contributed by atoms with Crippen LogP contribution in [0.1, 0.15) is 5.56 Å². The Balaban J connectivity index is 2.05. The van der Waals surface area contributed by atoms with Crippen molar-refractivity contribution in [3.63, 3.8) is 0 Å². The van der Waals surface area contributed by atoms with Crippen LogP contribution in [-0.4, -0.2) is 47.7 Å². The summed E-state index contributed by atoms with van der Waals surface area (Å²) in [7, 11) is 0. The van der Waals surface area contributed by atoms with Gasteiger partial charge >= 0.3 is 12.0 Å². The van der Waals surface area contributed by atoms with Crippen molar-refractivity contribution in [3.05, 3.63) is 29.8 Å². The lowest BCUT2D eigenvalue weighted by atomic mass is 10.2. The molecular weight excluding hydrogens is 246 g/mol. The number of carboxylic acid groups (broad SMARTS) is 1. The summed E-state index contributed by atoms with van der Waals surface area (Å²) in [5, 5.41) is 14.8. The highest BCUT2D eigenvalue weighted by atomic mass is 16.4. The maximum absolute atomic E-state index is 12.1. The van der Waals surface area contributed by atoms with E-state index >= 15 is 0 Å². The average Bonchev–Trinajstić information content (AvgIpc) is 2.41. The standard InChI is InChI=1S/C13H17N3O3/c1-9-2-4-10(5-3-9)15-13(19)16-7-6-14-8-11(16)12(17)18/h2-5,11,14H,6-8H2,1H3,(H,15,19)(H,17,18). The summed E-state index contributed by atoms with van der Waals surface area (Å²) < 4.78 is 0. The van der Waals surface area contributed by atoms with Gasteiger partial charge in [-0.25, -0.2) is 9.59 Å². The molecule has 1 heterocycles. The van der Waals surface area contributed by atoms with E-state index in [-0.39, 0.29) is 12.6 Å². The SMILES string of the molecule is Cc1ccc(NC(=O)N2CCNCC2C(=O)O)cc1. The summed E-state index contributed by atoms with van der Waals surface area (Å²) in [5.41, 5.74) is 1.77. The van der Waals surface area contributed by atoms with Gasteiger partial charge < -0.3 is 20.6 Å². The number of piperazine rings is 1. The quantitative estimate of drug-likeness (QED) is 0.740. The Morgan fingerprint density at radius 2 is 2.05 bits per heavy atom. The van der Waals surface area contributed by atoms with Crippen molar-refractivity contribution in [3.8, 4) is 0 Å². The van der Waals surface area contributed by atoms with Crippen LogP contribution in [-0.2, 0) is 4.79 Å². The number of anilines is 1. The Labute approximate surface area is 111 Å². The maximum Gasteiger partial charge on any atom is 0.327 e. The largest absolute Gasteiger partial charge is 0.480 e. The molecule has 1 unspecified atom stereocenters. The lowest BCUT2D eigenvalue weighted by Gasteiger charge is -2.33. The molecule has 1 aromatic rings. The predicted octanol–water partition coefficient (Wildman–Crippen LogP) is 0.885. The molecule has 2 rings (SSSR count). The molecule has 6 nitrogen and oxygen atoms in total. The minimum absolute atomic E-state index is 0.274. The van der Waals surface area contributed by atoms with Gasteiger partial charge in [0.15, 0.2) is 0 Å². The average molecular weight is 263 g/mol. The van der Waals surface area contributed by atoms with Gasteiger partial charge in [0, 0.05) is 25.3 Å². The van der Waals surface area contributed by atoms with Gasteiger partial charge in [0.05, 0.1) is 0 Å². The van der Waals surface area contributed by atoms with Crippen LogP contribution in [0.4, 0.5) is 10.5 Å². The van der Waals surface area contributed by atoms with E-state index in [1.807, 2.05) is 19.1 Å². The van der Waals surface area contributed by atoms with Crippen LogP contribution >= 0.6 is 0 Å². The van der Waals surface area contributed by atoms with Crippen LogP contribution in [0.15, 0.2) is 24.3 Å². The number of carbonyl (C=O) groups is 2. The monoisotopic (exact) mass is 263 g/mol. The number of aliphatic carboxylic acids is 1. The molecule has 6 heteroatoms. The van der Waals surface area contributed by atoms with E-state index in [2.05, 4.69) is 10.6 Å². The van der Waals surface area contributed by atoms with E-state index in [9.17, 15) is 9.59 Å². The van der Waals surface area contributed by atoms with Crippen molar-refractivity contribution < 1.29 is 14.7 Å². The molecule has 3 N–H and O–H groups in total. The highest BCUT2D eigenvalue weighted by Gasteiger charge is 2.31. The van der Waals surface area contributed by atoms with Gasteiger partial charge in [-0.2, -0.15) is 0 Å². The molecule has 1 fully saturated rings. The van der Waals surface area contributed by atoms with Gasteiger partial charge in [0.2, 0.25) is 0 Å². The fourth-order valence-corrected chi connectivity index (χ4v) is 2.00. The van der Waals surface area contributed by atoms with Crippen molar-refractivity contribution >= 4 is 17.7 Å². The maximum atomic E-state index is 12.1. The summed E-state index contributed by atoms with van der Waals surface area (Å²) in [4.78, 5) is 24.5. The first-order valence-corrected chi connectivity index (χ1v) is 6.16. The van der Waals surface area contributed by atoms with Crippen LogP contribution in [0.25, 0.3) is 0 Å². The molecule has 0 bridgehead atoms. The number of aryl methyl sites for hydroxylation is 1. The number of hydrogen-bond acceptors (Lipinski definition) is 3. The number of nitrogens with zero attached hydrogens (tertiary/aromatic N) is 1. The molecule has 1 aliphatic heterocycles. The number of benzene rings is 1. The highest BCUT2D eigenvalue weighted by molar-refractivity contribution is 5.92. The molecule has 0 aromatic heterocycles. The predicted molar refractivity (Wildman–Crippen MR) is 71.2 cm³/mol. The Kier molecular flexibility index (Phi) is 4.01. The number of carbonyl (C=O) groups excluding carboxylic acids is 1. The van der Waals surface area contributed by atoms with Gasteiger partial charge in [-0.05, 0) is 19.1 Å². The third-order valence-electron chi connectivity index (χ3n) is 3.09. The molecule has 19 heavy (non-hydrogen) atoms. The summed E-state index contributed by atoms with van der Waals surface area (Å²) in [6, 6.07) is 6.18. The number of hydrogen-bond donors (Lipinski definition) is 3. The molecule has 1 atom stereocenters. The number of nitrogens with one attached hydrogen (secondary N) is 2. The Hall–Kier alpha value is -2.08. The first-order valence-electron chi connectivity index (χ1n) is 6.16. The zero-order valence-corrected chi connectivity index (χ0v) is 10.7. The van der Waals surface area contributed by atoms with Crippen molar-refractivity contribution in [2.75, 3.05) is 25.0 Å². The fourth-order valence-electron chi connectivity index (χ4n) is 2.00. The first kappa shape index (κ1) is 13.4. The third-order valence-corrected chi connectivity index (χ3v) is 3.09. The van der Waals surface area contributed by atoms with Crippen LogP contribution in [0.2, 0.25) is 0 Å². The van der Waals surface area contributed by atoms with Gasteiger partial charge in [0.25, 0.3) is 0 Å². The summed E-state index contributed by atoms with van der Waals surface area (Å²) >= 11 is 0. The second-order valence-electron chi connectivity index (χ2n) is 4.55. The minimum Gasteiger partial charge on any atom is -0.480 e. The van der Waals surface area contributed by atoms with Gasteiger partial charge in [-0.3, -0.25) is 0 Å². The Morgan fingerprint density at radius 1 is 1.37 bits per heavy atom. The Morgan fingerprint density at radius 3 is 2.68 bits per heavy atom. The van der Waals surface area contributed by atoms with Gasteiger partial charge in [-0.1, -0.05) is 17.7 Å². The van der Waals surface area contributed by atoms with E-state index in [1.54, 1.807) is 12.1 Å². The van der Waals surface area contributed by atoms with E-state index in [1.165, 1.54) is 4.90 Å². The third kappa shape index (κ3) is 3.23. The Bertz CT molecular complexity index is 473. The van der Waals surface area contributed by atoms with Crippen molar-refractivity contribution in [1.29, 1.82) is 0 Å². The van der Waals surface area contributed by atoms with Crippen molar-refractivity contribution in [2.24, 2.45) is 0 Å². The molecule has 1 aliphatic rings. The number of amides is 2. The van der Waals surface area contributed by atoms with Crippen molar-refractivity contribution in [2.45, 2.75) is 13.0 Å². The van der Waals surface area contributed by atoms with E-state index < -0.39 is 12.0 Å². The molecule has 102 valence electrons.